The van der Waals surface area contributed by atoms with Crippen LogP contribution in [0.25, 0.3) is 0 Å². The van der Waals surface area contributed by atoms with Gasteiger partial charge < -0.3 is 10.5 Å². The van der Waals surface area contributed by atoms with E-state index in [1.165, 1.54) is 0 Å². The molecular formula is C24H34N2O5S. The molecule has 8 heteroatoms. The fourth-order valence-corrected chi connectivity index (χ4v) is 8.78. The number of benzene rings is 1. The van der Waals surface area contributed by atoms with Crippen LogP contribution >= 0.6 is 0 Å². The fraction of sp³-hybridized carbons (Fsp3) is 0.667. The molecule has 0 radical (unpaired) electrons. The van der Waals surface area contributed by atoms with Crippen molar-refractivity contribution in [3.63, 3.8) is 0 Å². The molecular weight excluding hydrogens is 428 g/mol. The fourth-order valence-electron chi connectivity index (χ4n) is 6.20. The number of carbonyl (C=O) groups excluding carboxylic acids is 2. The van der Waals surface area contributed by atoms with Crippen LogP contribution in [0.3, 0.4) is 0 Å². The summed E-state index contributed by atoms with van der Waals surface area (Å²) < 4.78 is 32.6. The largest absolute Gasteiger partial charge is 0.456 e. The first kappa shape index (κ1) is 23.2. The molecule has 1 aromatic carbocycles. The highest BCUT2D eigenvalue weighted by atomic mass is 32.2. The average Bonchev–Trinajstić information content (AvgIpc) is 3.14. The van der Waals surface area contributed by atoms with E-state index in [9.17, 15) is 18.0 Å². The molecule has 3 aliphatic rings. The van der Waals surface area contributed by atoms with Gasteiger partial charge in [-0.05, 0) is 75.5 Å². The van der Waals surface area contributed by atoms with Gasteiger partial charge >= 0.3 is 5.97 Å². The third-order valence-corrected chi connectivity index (χ3v) is 9.90. The topological polar surface area (TPSA) is 107 Å². The highest BCUT2D eigenvalue weighted by molar-refractivity contribution is 7.90. The molecule has 4 rings (SSSR count). The zero-order valence-electron chi connectivity index (χ0n) is 19.6. The Balaban J connectivity index is 1.48. The summed E-state index contributed by atoms with van der Waals surface area (Å²) in [5.41, 5.74) is 6.36. The van der Waals surface area contributed by atoms with E-state index in [0.717, 1.165) is 29.1 Å². The number of amides is 1. The lowest BCUT2D eigenvalue weighted by atomic mass is 9.69. The Morgan fingerprint density at radius 2 is 1.84 bits per heavy atom. The highest BCUT2D eigenvalue weighted by Gasteiger charge is 2.72. The molecule has 4 atom stereocenters. The lowest BCUT2D eigenvalue weighted by molar-refractivity contribution is -0.130. The standard InChI is InChI=1S/C24H34N2O5S/c1-22(2,3)31-21(28)16-8-6-15(7-9-16)12-18(25)20(27)26-19-13-17-10-11-24(19,23(17,4)5)14-32(26,29)30/h6-9,17-19H,10-14,25H2,1-5H3/t17-,18+,19-,24-/m1/s1. The zero-order chi connectivity index (χ0) is 23.7. The number of carbonyl (C=O) groups is 2. The third kappa shape index (κ3) is 3.55. The van der Waals surface area contributed by atoms with Gasteiger partial charge in [0, 0.05) is 5.41 Å². The van der Waals surface area contributed by atoms with Gasteiger partial charge in [0.05, 0.1) is 23.4 Å². The molecule has 2 bridgehead atoms. The highest BCUT2D eigenvalue weighted by Crippen LogP contribution is 2.70. The summed E-state index contributed by atoms with van der Waals surface area (Å²) in [5, 5.41) is 0. The molecule has 1 aromatic rings. The van der Waals surface area contributed by atoms with Crippen molar-refractivity contribution in [3.05, 3.63) is 35.4 Å². The van der Waals surface area contributed by atoms with Gasteiger partial charge in [-0.3, -0.25) is 4.79 Å². The number of nitrogens with zero attached hydrogens (tertiary/aromatic N) is 1. The Labute approximate surface area is 190 Å². The zero-order valence-corrected chi connectivity index (χ0v) is 20.4. The molecule has 3 fully saturated rings. The second kappa shape index (κ2) is 7.29. The summed E-state index contributed by atoms with van der Waals surface area (Å²) in [7, 11) is -3.69. The summed E-state index contributed by atoms with van der Waals surface area (Å²) in [4.78, 5) is 25.5. The number of ether oxygens (including phenoxy) is 1. The molecule has 2 saturated carbocycles. The van der Waals surface area contributed by atoms with Crippen LogP contribution in [0.4, 0.5) is 0 Å². The summed E-state index contributed by atoms with van der Waals surface area (Å²) in [5.74, 6) is -0.463. The molecule has 1 amide bonds. The van der Waals surface area contributed by atoms with E-state index in [0.29, 0.717) is 11.5 Å². The van der Waals surface area contributed by atoms with Crippen molar-refractivity contribution < 1.29 is 22.7 Å². The van der Waals surface area contributed by atoms with Crippen molar-refractivity contribution >= 4 is 21.9 Å². The van der Waals surface area contributed by atoms with Crippen molar-refractivity contribution in [2.45, 2.75) is 78.0 Å². The molecule has 176 valence electrons. The number of rotatable bonds is 4. The maximum atomic E-state index is 13.3. The van der Waals surface area contributed by atoms with E-state index in [4.69, 9.17) is 10.5 Å². The number of sulfonamides is 1. The first-order valence-corrected chi connectivity index (χ1v) is 12.9. The first-order valence-electron chi connectivity index (χ1n) is 11.3. The summed E-state index contributed by atoms with van der Waals surface area (Å²) in [6, 6.07) is 5.49. The van der Waals surface area contributed by atoms with Gasteiger partial charge in [-0.15, -0.1) is 0 Å². The summed E-state index contributed by atoms with van der Waals surface area (Å²) in [6.45, 7) is 9.72. The van der Waals surface area contributed by atoms with E-state index >= 15 is 0 Å². The minimum Gasteiger partial charge on any atom is -0.456 e. The van der Waals surface area contributed by atoms with E-state index in [1.807, 2.05) is 0 Å². The first-order chi connectivity index (χ1) is 14.7. The van der Waals surface area contributed by atoms with Crippen LogP contribution in [-0.2, 0) is 26.0 Å². The second-order valence-electron chi connectivity index (χ2n) is 11.3. The number of nitrogens with two attached hydrogens (primary N) is 1. The maximum absolute atomic E-state index is 13.3. The van der Waals surface area contributed by atoms with Gasteiger partial charge in [0.25, 0.3) is 5.91 Å². The second-order valence-corrected chi connectivity index (χ2v) is 13.1. The Morgan fingerprint density at radius 3 is 2.41 bits per heavy atom. The third-order valence-electron chi connectivity index (χ3n) is 7.99. The Hall–Kier alpha value is -1.93. The van der Waals surface area contributed by atoms with Gasteiger partial charge in [0.15, 0.2) is 0 Å². The maximum Gasteiger partial charge on any atom is 0.338 e. The normalized spacial score (nSPS) is 30.8. The molecule has 1 heterocycles. The SMILES string of the molecule is CC(C)(C)OC(=O)c1ccc(C[C@H](N)C(=O)N2[C@@H]3C[C@H]4CC[C@]3(CS2(=O)=O)C4(C)C)cc1. The molecule has 2 aliphatic carbocycles. The Morgan fingerprint density at radius 1 is 1.22 bits per heavy atom. The molecule has 1 spiro atoms. The molecule has 7 nitrogen and oxygen atoms in total. The number of esters is 1. The minimum atomic E-state index is -3.69. The number of hydrogen-bond acceptors (Lipinski definition) is 6. The lowest BCUT2D eigenvalue weighted by Gasteiger charge is -2.37. The predicted octanol–water partition coefficient (Wildman–Crippen LogP) is 2.88. The van der Waals surface area contributed by atoms with Crippen LogP contribution in [-0.4, -0.2) is 48.0 Å². The van der Waals surface area contributed by atoms with Gasteiger partial charge in [-0.2, -0.15) is 0 Å². The van der Waals surface area contributed by atoms with Gasteiger partial charge in [-0.25, -0.2) is 17.5 Å². The van der Waals surface area contributed by atoms with Crippen molar-refractivity contribution in [3.8, 4) is 0 Å². The van der Waals surface area contributed by atoms with Crippen LogP contribution in [0.5, 0.6) is 0 Å². The minimum absolute atomic E-state index is 0.0389. The van der Waals surface area contributed by atoms with Gasteiger partial charge in [0.1, 0.15) is 5.60 Å². The van der Waals surface area contributed by atoms with Gasteiger partial charge in [0.2, 0.25) is 10.0 Å². The number of fused-ring (bicyclic) bond motifs is 1. The van der Waals surface area contributed by atoms with Crippen LogP contribution < -0.4 is 5.73 Å². The molecule has 1 saturated heterocycles. The average molecular weight is 463 g/mol. The van der Waals surface area contributed by atoms with Crippen molar-refractivity contribution in [1.29, 1.82) is 0 Å². The van der Waals surface area contributed by atoms with Crippen LogP contribution in [0.15, 0.2) is 24.3 Å². The van der Waals surface area contributed by atoms with E-state index in [1.54, 1.807) is 45.0 Å². The van der Waals surface area contributed by atoms with Crippen molar-refractivity contribution in [2.24, 2.45) is 22.5 Å². The Bertz CT molecular complexity index is 1040. The van der Waals surface area contributed by atoms with E-state index in [-0.39, 0.29) is 29.0 Å². The number of hydrogen-bond donors (Lipinski definition) is 1. The molecule has 1 aliphatic heterocycles. The molecule has 0 aromatic heterocycles. The van der Waals surface area contributed by atoms with Crippen molar-refractivity contribution in [2.75, 3.05) is 5.75 Å². The lowest BCUT2D eigenvalue weighted by Crippen LogP contribution is -2.50. The van der Waals surface area contributed by atoms with E-state index < -0.39 is 33.5 Å². The molecule has 0 unspecified atom stereocenters. The summed E-state index contributed by atoms with van der Waals surface area (Å²) in [6.07, 6.45) is 2.80. The summed E-state index contributed by atoms with van der Waals surface area (Å²) >= 11 is 0. The monoisotopic (exact) mass is 462 g/mol. The Kier molecular flexibility index (Phi) is 5.29. The predicted molar refractivity (Wildman–Crippen MR) is 121 cm³/mol. The van der Waals surface area contributed by atoms with Gasteiger partial charge in [-0.1, -0.05) is 26.0 Å². The van der Waals surface area contributed by atoms with Crippen LogP contribution in [0.2, 0.25) is 0 Å². The van der Waals surface area contributed by atoms with Crippen LogP contribution in [0.1, 0.15) is 69.8 Å². The quantitative estimate of drug-likeness (QED) is 0.690. The smallest absolute Gasteiger partial charge is 0.338 e. The van der Waals surface area contributed by atoms with Crippen LogP contribution in [0, 0.1) is 16.7 Å². The molecule has 32 heavy (non-hydrogen) atoms. The van der Waals surface area contributed by atoms with E-state index in [2.05, 4.69) is 13.8 Å². The van der Waals surface area contributed by atoms with Crippen molar-refractivity contribution in [1.82, 2.24) is 4.31 Å². The molecule has 2 N–H and O–H groups in total.